The highest BCUT2D eigenvalue weighted by Gasteiger charge is 2.34. The van der Waals surface area contributed by atoms with Crippen molar-refractivity contribution in [3.05, 3.63) is 35.9 Å². The normalized spacial score (nSPS) is 15.6. The molecular weight excluding hydrogens is 510 g/mol. The van der Waals surface area contributed by atoms with Gasteiger partial charge in [-0.3, -0.25) is 9.69 Å². The second-order valence-corrected chi connectivity index (χ2v) is 9.93. The summed E-state index contributed by atoms with van der Waals surface area (Å²) in [4.78, 5) is 39.6. The number of aliphatic hydroxyl groups is 1. The number of carbonyl (C=O) groups is 3. The first-order chi connectivity index (χ1) is 18.7. The predicted molar refractivity (Wildman–Crippen MR) is 142 cm³/mol. The highest BCUT2D eigenvalue weighted by molar-refractivity contribution is 5.77. The summed E-state index contributed by atoms with van der Waals surface area (Å²) in [5.41, 5.74) is 0.290. The Kier molecular flexibility index (Phi) is 14.6. The average Bonchev–Trinajstić information content (AvgIpc) is 2.91. The molecule has 39 heavy (non-hydrogen) atoms. The zero-order valence-corrected chi connectivity index (χ0v) is 23.3. The second kappa shape index (κ2) is 17.6. The third-order valence-electron chi connectivity index (χ3n) is 5.61. The molecule has 1 aromatic rings. The van der Waals surface area contributed by atoms with Crippen LogP contribution in [0.4, 0.5) is 9.59 Å². The molecule has 2 N–H and O–H groups in total. The molecule has 1 aliphatic rings. The topological polar surface area (TPSA) is 136 Å². The Labute approximate surface area is 230 Å². The molecule has 1 unspecified atom stereocenters. The average molecular weight is 554 g/mol. The number of carbonyl (C=O) groups excluding carboxylic acids is 3. The van der Waals surface area contributed by atoms with Gasteiger partial charge in [-0.2, -0.15) is 0 Å². The van der Waals surface area contributed by atoms with Gasteiger partial charge in [0.15, 0.2) is 0 Å². The van der Waals surface area contributed by atoms with Crippen molar-refractivity contribution in [2.24, 2.45) is 0 Å². The van der Waals surface area contributed by atoms with E-state index in [9.17, 15) is 19.5 Å². The van der Waals surface area contributed by atoms with Gasteiger partial charge >= 0.3 is 12.2 Å². The highest BCUT2D eigenvalue weighted by atomic mass is 16.6. The van der Waals surface area contributed by atoms with E-state index in [4.69, 9.17) is 23.7 Å². The van der Waals surface area contributed by atoms with E-state index in [0.717, 1.165) is 5.56 Å². The fraction of sp³-hybridized carbons (Fsp3) is 0.667. The van der Waals surface area contributed by atoms with Gasteiger partial charge in [-0.25, -0.2) is 9.59 Å². The van der Waals surface area contributed by atoms with E-state index in [1.165, 1.54) is 4.90 Å². The van der Waals surface area contributed by atoms with E-state index in [0.29, 0.717) is 52.7 Å². The Morgan fingerprint density at radius 2 is 1.59 bits per heavy atom. The van der Waals surface area contributed by atoms with Crippen LogP contribution in [0.25, 0.3) is 0 Å². The molecule has 12 heteroatoms. The fourth-order valence-corrected chi connectivity index (χ4v) is 3.66. The first-order valence-electron chi connectivity index (χ1n) is 13.3. The van der Waals surface area contributed by atoms with Crippen LogP contribution in [0.1, 0.15) is 32.8 Å². The molecule has 12 nitrogen and oxygen atoms in total. The van der Waals surface area contributed by atoms with Crippen LogP contribution in [-0.4, -0.2) is 117 Å². The number of nitrogens with one attached hydrogen (secondary N) is 1. The summed E-state index contributed by atoms with van der Waals surface area (Å²) in [5, 5.41) is 12.3. The lowest BCUT2D eigenvalue weighted by molar-refractivity contribution is -0.136. The van der Waals surface area contributed by atoms with E-state index in [2.05, 4.69) is 5.32 Å². The molecule has 1 aromatic carbocycles. The molecule has 3 amide bonds. The molecule has 1 heterocycles. The van der Waals surface area contributed by atoms with Crippen molar-refractivity contribution in [3.63, 3.8) is 0 Å². The van der Waals surface area contributed by atoms with Gasteiger partial charge in [-0.05, 0) is 26.3 Å². The van der Waals surface area contributed by atoms with Gasteiger partial charge < -0.3 is 39.0 Å². The molecular formula is C27H43N3O9. The number of hydrogen-bond donors (Lipinski definition) is 2. The number of benzene rings is 1. The minimum Gasteiger partial charge on any atom is -0.445 e. The van der Waals surface area contributed by atoms with Gasteiger partial charge in [0.2, 0.25) is 5.91 Å². The summed E-state index contributed by atoms with van der Waals surface area (Å²) in [6, 6.07) is 8.93. The molecule has 1 fully saturated rings. The highest BCUT2D eigenvalue weighted by Crippen LogP contribution is 2.16. The van der Waals surface area contributed by atoms with E-state index in [-0.39, 0.29) is 38.7 Å². The molecule has 0 bridgehead atoms. The number of rotatable bonds is 15. The Bertz CT molecular complexity index is 864. The van der Waals surface area contributed by atoms with Crippen molar-refractivity contribution < 1.29 is 43.2 Å². The van der Waals surface area contributed by atoms with E-state index >= 15 is 0 Å². The number of nitrogens with zero attached hydrogens (tertiary/aromatic N) is 2. The van der Waals surface area contributed by atoms with Crippen LogP contribution in [0.5, 0.6) is 0 Å². The molecule has 1 aliphatic heterocycles. The van der Waals surface area contributed by atoms with Gasteiger partial charge in [0.25, 0.3) is 0 Å². The zero-order valence-electron chi connectivity index (χ0n) is 23.3. The second-order valence-electron chi connectivity index (χ2n) is 9.93. The quantitative estimate of drug-likeness (QED) is 0.312. The minimum absolute atomic E-state index is 0.0934. The van der Waals surface area contributed by atoms with Crippen LogP contribution in [0.3, 0.4) is 0 Å². The van der Waals surface area contributed by atoms with Crippen molar-refractivity contribution in [3.8, 4) is 0 Å². The van der Waals surface area contributed by atoms with Gasteiger partial charge in [-0.15, -0.1) is 0 Å². The van der Waals surface area contributed by atoms with E-state index in [1.807, 2.05) is 30.3 Å². The van der Waals surface area contributed by atoms with Crippen molar-refractivity contribution in [1.82, 2.24) is 15.1 Å². The lowest BCUT2D eigenvalue weighted by Crippen LogP contribution is -2.58. The summed E-state index contributed by atoms with van der Waals surface area (Å²) in [6.45, 7) is 8.63. The number of amides is 3. The third kappa shape index (κ3) is 13.6. The van der Waals surface area contributed by atoms with Crippen LogP contribution in [0.15, 0.2) is 30.3 Å². The monoisotopic (exact) mass is 553 g/mol. The molecule has 0 spiro atoms. The van der Waals surface area contributed by atoms with Crippen molar-refractivity contribution in [1.29, 1.82) is 0 Å². The molecule has 1 saturated heterocycles. The first kappa shape index (κ1) is 32.3. The van der Waals surface area contributed by atoms with Gasteiger partial charge in [-0.1, -0.05) is 30.3 Å². The van der Waals surface area contributed by atoms with E-state index in [1.54, 1.807) is 25.7 Å². The van der Waals surface area contributed by atoms with Crippen LogP contribution in [0.2, 0.25) is 0 Å². The summed E-state index contributed by atoms with van der Waals surface area (Å²) in [5.74, 6) is -0.0934. The molecule has 0 saturated carbocycles. The summed E-state index contributed by atoms with van der Waals surface area (Å²) < 4.78 is 26.8. The summed E-state index contributed by atoms with van der Waals surface area (Å²) in [7, 11) is 0. The van der Waals surface area contributed by atoms with Gasteiger partial charge in [0.1, 0.15) is 12.2 Å². The minimum atomic E-state index is -0.629. The predicted octanol–water partition coefficient (Wildman–Crippen LogP) is 1.79. The number of hydrogen-bond acceptors (Lipinski definition) is 9. The van der Waals surface area contributed by atoms with Crippen LogP contribution in [-0.2, 0) is 35.1 Å². The standard InChI is InChI=1S/C27H43N3O9/c1-27(2,3)39-26(34)30-12-11-29(19-23(30)20-31)24(32)9-13-35-15-17-37-18-16-36-14-10-28-25(33)38-21-22-7-5-4-6-8-22/h4-8,23,31H,9-21H2,1-3H3,(H,28,33). The largest absolute Gasteiger partial charge is 0.445 e. The van der Waals surface area contributed by atoms with Crippen molar-refractivity contribution in [2.45, 2.75) is 45.4 Å². The Morgan fingerprint density at radius 1 is 0.949 bits per heavy atom. The Hall–Kier alpha value is -2.93. The molecule has 1 atom stereocenters. The number of piperazine rings is 1. The maximum absolute atomic E-state index is 12.5. The third-order valence-corrected chi connectivity index (χ3v) is 5.61. The summed E-state index contributed by atoms with van der Waals surface area (Å²) >= 11 is 0. The Balaban J connectivity index is 1.43. The van der Waals surface area contributed by atoms with Crippen LogP contribution >= 0.6 is 0 Å². The lowest BCUT2D eigenvalue weighted by Gasteiger charge is -2.41. The van der Waals surface area contributed by atoms with Crippen molar-refractivity contribution in [2.75, 3.05) is 72.4 Å². The maximum atomic E-state index is 12.5. The number of ether oxygens (including phenoxy) is 5. The van der Waals surface area contributed by atoms with E-state index < -0.39 is 23.8 Å². The summed E-state index contributed by atoms with van der Waals surface area (Å²) in [6.07, 6.45) is -0.780. The van der Waals surface area contributed by atoms with Crippen molar-refractivity contribution >= 4 is 18.1 Å². The molecule has 0 radical (unpaired) electrons. The number of alkyl carbamates (subject to hydrolysis) is 1. The van der Waals surface area contributed by atoms with Gasteiger partial charge in [0, 0.05) is 26.2 Å². The number of aliphatic hydroxyl groups excluding tert-OH is 1. The molecule has 0 aliphatic carbocycles. The zero-order chi connectivity index (χ0) is 28.5. The SMILES string of the molecule is CC(C)(C)OC(=O)N1CCN(C(=O)CCOCCOCCOCCNC(=O)OCc2ccccc2)CC1CO. The first-order valence-corrected chi connectivity index (χ1v) is 13.3. The maximum Gasteiger partial charge on any atom is 0.410 e. The molecule has 2 rings (SSSR count). The van der Waals surface area contributed by atoms with Crippen LogP contribution < -0.4 is 5.32 Å². The fourth-order valence-electron chi connectivity index (χ4n) is 3.66. The Morgan fingerprint density at radius 3 is 2.23 bits per heavy atom. The molecule has 220 valence electrons. The van der Waals surface area contributed by atoms with Crippen LogP contribution in [0, 0.1) is 0 Å². The lowest BCUT2D eigenvalue weighted by atomic mass is 10.1. The smallest absolute Gasteiger partial charge is 0.410 e. The van der Waals surface area contributed by atoms with Gasteiger partial charge in [0.05, 0.1) is 58.7 Å². The molecule has 0 aromatic heterocycles.